The summed E-state index contributed by atoms with van der Waals surface area (Å²) in [5.41, 5.74) is 3.62. The summed E-state index contributed by atoms with van der Waals surface area (Å²) in [6, 6.07) is 12.0. The summed E-state index contributed by atoms with van der Waals surface area (Å²) in [4.78, 5) is 16.8. The summed E-state index contributed by atoms with van der Waals surface area (Å²) >= 11 is 1.60. The van der Waals surface area contributed by atoms with Gasteiger partial charge in [0.2, 0.25) is 0 Å². The lowest BCUT2D eigenvalue weighted by Crippen LogP contribution is -2.25. The van der Waals surface area contributed by atoms with Gasteiger partial charge >= 0.3 is 0 Å². The van der Waals surface area contributed by atoms with Crippen molar-refractivity contribution in [2.75, 3.05) is 0 Å². The maximum absolute atomic E-state index is 11.3. The first kappa shape index (κ1) is 16.6. The Labute approximate surface area is 170 Å². The van der Waals surface area contributed by atoms with Crippen molar-refractivity contribution in [1.29, 1.82) is 0 Å². The van der Waals surface area contributed by atoms with Gasteiger partial charge in [-0.25, -0.2) is 15.0 Å². The first-order chi connectivity index (χ1) is 14.2. The number of hydrogen-bond acceptors (Lipinski definition) is 5. The Morgan fingerprint density at radius 3 is 3.07 bits per heavy atom. The van der Waals surface area contributed by atoms with Crippen LogP contribution < -0.4 is 0 Å². The Balaban J connectivity index is 1.40. The molecule has 1 aliphatic rings. The molecule has 0 bridgehead atoms. The van der Waals surface area contributed by atoms with Gasteiger partial charge in [0.25, 0.3) is 0 Å². The van der Waals surface area contributed by atoms with Crippen LogP contribution in [0, 0.1) is 0 Å². The van der Waals surface area contributed by atoms with E-state index < -0.39 is 5.60 Å². The molecule has 7 heteroatoms. The van der Waals surface area contributed by atoms with Crippen LogP contribution in [0.1, 0.15) is 17.8 Å². The van der Waals surface area contributed by atoms with E-state index >= 15 is 0 Å². The second-order valence-corrected chi connectivity index (χ2v) is 8.13. The number of H-pyrrole nitrogens is 1. The second kappa shape index (κ2) is 6.10. The topological polar surface area (TPSA) is 79.6 Å². The number of nitrogens with one attached hydrogen (secondary N) is 1. The molecule has 6 nitrogen and oxygen atoms in total. The van der Waals surface area contributed by atoms with E-state index in [1.165, 1.54) is 0 Å². The number of hydrogen-bond donors (Lipinski definition) is 2. The molecule has 0 aliphatic carbocycles. The molecule has 5 aromatic rings. The third kappa shape index (κ3) is 2.48. The molecule has 5 heterocycles. The van der Waals surface area contributed by atoms with Gasteiger partial charge in [0, 0.05) is 59.6 Å². The van der Waals surface area contributed by atoms with Crippen molar-refractivity contribution < 1.29 is 5.11 Å². The molecule has 0 radical (unpaired) electrons. The van der Waals surface area contributed by atoms with Gasteiger partial charge in [-0.3, -0.25) is 0 Å². The number of pyridine rings is 1. The van der Waals surface area contributed by atoms with Crippen molar-refractivity contribution >= 4 is 22.4 Å². The molecule has 0 amide bonds. The fourth-order valence-corrected chi connectivity index (χ4v) is 4.95. The summed E-state index contributed by atoms with van der Waals surface area (Å²) in [6.45, 7) is 0.770. The van der Waals surface area contributed by atoms with Gasteiger partial charge in [0.05, 0.1) is 5.69 Å². The van der Waals surface area contributed by atoms with Crippen LogP contribution in [0.2, 0.25) is 0 Å². The third-order valence-electron chi connectivity index (χ3n) is 5.62. The van der Waals surface area contributed by atoms with E-state index in [2.05, 4.69) is 20.3 Å². The van der Waals surface area contributed by atoms with E-state index in [0.29, 0.717) is 12.2 Å². The van der Waals surface area contributed by atoms with Gasteiger partial charge in [0.15, 0.2) is 0 Å². The highest BCUT2D eigenvalue weighted by molar-refractivity contribution is 7.13. The number of rotatable bonds is 3. The third-order valence-corrected chi connectivity index (χ3v) is 6.51. The van der Waals surface area contributed by atoms with Crippen molar-refractivity contribution in [2.45, 2.75) is 18.6 Å². The van der Waals surface area contributed by atoms with E-state index in [1.807, 2.05) is 53.4 Å². The summed E-state index contributed by atoms with van der Waals surface area (Å²) in [7, 11) is 0. The fraction of sp³-hybridized carbons (Fsp3) is 0.136. The van der Waals surface area contributed by atoms with E-state index in [-0.39, 0.29) is 0 Å². The van der Waals surface area contributed by atoms with Gasteiger partial charge < -0.3 is 14.7 Å². The molecule has 142 valence electrons. The number of aromatic amines is 1. The Morgan fingerprint density at radius 1 is 1.14 bits per heavy atom. The molecule has 4 aromatic heterocycles. The largest absolute Gasteiger partial charge is 0.377 e. The monoisotopic (exact) mass is 399 g/mol. The van der Waals surface area contributed by atoms with Gasteiger partial charge in [-0.15, -0.1) is 11.3 Å². The number of aliphatic hydroxyl groups is 1. The SMILES string of the molecule is O[C@@]1(c2cccc(-c3nc(-c4c[nH]c5ncccc45)cs3)c2)CCn2ccnc21. The molecule has 2 N–H and O–H groups in total. The average Bonchev–Trinajstić information content (AvgIpc) is 3.53. The molecule has 0 saturated carbocycles. The zero-order valence-electron chi connectivity index (χ0n) is 15.4. The number of aryl methyl sites for hydroxylation is 1. The van der Waals surface area contributed by atoms with Crippen LogP contribution in [0.4, 0.5) is 0 Å². The van der Waals surface area contributed by atoms with Gasteiger partial charge in [0.1, 0.15) is 22.1 Å². The lowest BCUT2D eigenvalue weighted by atomic mass is 9.90. The van der Waals surface area contributed by atoms with Crippen LogP contribution in [-0.4, -0.2) is 29.6 Å². The van der Waals surface area contributed by atoms with E-state index in [4.69, 9.17) is 4.98 Å². The molecule has 1 atom stereocenters. The second-order valence-electron chi connectivity index (χ2n) is 7.28. The Kier molecular flexibility index (Phi) is 3.50. The van der Waals surface area contributed by atoms with Crippen LogP contribution in [-0.2, 0) is 12.1 Å². The highest BCUT2D eigenvalue weighted by atomic mass is 32.1. The molecule has 6 rings (SSSR count). The molecule has 0 saturated heterocycles. The summed E-state index contributed by atoms with van der Waals surface area (Å²) in [5.74, 6) is 0.709. The predicted molar refractivity (Wildman–Crippen MR) is 112 cm³/mol. The highest BCUT2D eigenvalue weighted by Gasteiger charge is 2.40. The summed E-state index contributed by atoms with van der Waals surface area (Å²) < 4.78 is 2.01. The van der Waals surface area contributed by atoms with Crippen LogP contribution in [0.5, 0.6) is 0 Å². The van der Waals surface area contributed by atoms with Crippen molar-refractivity contribution in [3.05, 3.63) is 78.0 Å². The van der Waals surface area contributed by atoms with E-state index in [1.54, 1.807) is 23.7 Å². The van der Waals surface area contributed by atoms with Crippen LogP contribution in [0.3, 0.4) is 0 Å². The first-order valence-electron chi connectivity index (χ1n) is 9.45. The zero-order chi connectivity index (χ0) is 19.4. The Bertz CT molecular complexity index is 1350. The maximum Gasteiger partial charge on any atom is 0.149 e. The predicted octanol–water partition coefficient (Wildman–Crippen LogP) is 4.19. The van der Waals surface area contributed by atoms with Crippen LogP contribution in [0.15, 0.2) is 66.6 Å². The van der Waals surface area contributed by atoms with Crippen molar-refractivity contribution in [2.24, 2.45) is 0 Å². The quantitative estimate of drug-likeness (QED) is 0.477. The lowest BCUT2D eigenvalue weighted by molar-refractivity contribution is 0.0786. The maximum atomic E-state index is 11.3. The minimum atomic E-state index is -1.05. The number of imidazole rings is 1. The number of aromatic nitrogens is 5. The Hall–Kier alpha value is -3.29. The van der Waals surface area contributed by atoms with E-state index in [0.717, 1.165) is 45.0 Å². The van der Waals surface area contributed by atoms with Gasteiger partial charge in [-0.2, -0.15) is 0 Å². The number of thiazole rings is 1. The standard InChI is InChI=1S/C22H17N5OS/c28-22(6-9-27-10-8-24-21(22)27)15-4-1-3-14(11-15)20-26-18(13-29-20)17-12-25-19-16(17)5-2-7-23-19/h1-5,7-8,10-13,28H,6,9H2,(H,23,25)/t22-/m1/s1. The van der Waals surface area contributed by atoms with Crippen LogP contribution >= 0.6 is 11.3 Å². The van der Waals surface area contributed by atoms with Crippen molar-refractivity contribution in [3.8, 4) is 21.8 Å². The zero-order valence-corrected chi connectivity index (χ0v) is 16.2. The smallest absolute Gasteiger partial charge is 0.149 e. The average molecular weight is 399 g/mol. The number of nitrogens with zero attached hydrogens (tertiary/aromatic N) is 4. The molecule has 29 heavy (non-hydrogen) atoms. The molecule has 0 spiro atoms. The lowest BCUT2D eigenvalue weighted by Gasteiger charge is -2.22. The summed E-state index contributed by atoms with van der Waals surface area (Å²) in [5, 5.41) is 15.4. The normalized spacial score (nSPS) is 18.4. The van der Waals surface area contributed by atoms with Crippen LogP contribution in [0.25, 0.3) is 32.9 Å². The van der Waals surface area contributed by atoms with E-state index in [9.17, 15) is 5.11 Å². The molecule has 1 aromatic carbocycles. The molecule has 1 aliphatic heterocycles. The molecule has 0 fully saturated rings. The van der Waals surface area contributed by atoms with Crippen molar-refractivity contribution in [1.82, 2.24) is 24.5 Å². The molecular weight excluding hydrogens is 382 g/mol. The molecule has 0 unspecified atom stereocenters. The highest BCUT2D eigenvalue weighted by Crippen LogP contribution is 2.39. The minimum absolute atomic E-state index is 0.630. The van der Waals surface area contributed by atoms with Gasteiger partial charge in [-0.1, -0.05) is 18.2 Å². The first-order valence-corrected chi connectivity index (χ1v) is 10.3. The number of fused-ring (bicyclic) bond motifs is 2. The number of benzene rings is 1. The minimum Gasteiger partial charge on any atom is -0.377 e. The Morgan fingerprint density at radius 2 is 2.10 bits per heavy atom. The molecular formula is C22H17N5OS. The fourth-order valence-electron chi connectivity index (χ4n) is 4.13. The summed E-state index contributed by atoms with van der Waals surface area (Å²) in [6.07, 6.45) is 8.02. The van der Waals surface area contributed by atoms with Gasteiger partial charge in [-0.05, 0) is 23.8 Å². The van der Waals surface area contributed by atoms with Crippen molar-refractivity contribution in [3.63, 3.8) is 0 Å².